The van der Waals surface area contributed by atoms with Crippen LogP contribution in [0.3, 0.4) is 0 Å². The predicted molar refractivity (Wildman–Crippen MR) is 135 cm³/mol. The van der Waals surface area contributed by atoms with Gasteiger partial charge >= 0.3 is 0 Å². The minimum Gasteiger partial charge on any atom is -0.496 e. The lowest BCUT2D eigenvalue weighted by atomic mass is 9.56. The number of hydrogen-bond acceptors (Lipinski definition) is 6. The van der Waals surface area contributed by atoms with Gasteiger partial charge in [-0.2, -0.15) is 15.8 Å². The van der Waals surface area contributed by atoms with E-state index >= 15 is 0 Å². The fraction of sp³-hybridized carbons (Fsp3) is 0.296. The van der Waals surface area contributed by atoms with Crippen LogP contribution >= 0.6 is 27.5 Å². The highest BCUT2D eigenvalue weighted by Gasteiger charge is 2.53. The molecule has 4 rings (SSSR count). The molecule has 2 aromatic rings. The predicted octanol–water partition coefficient (Wildman–Crippen LogP) is 6.28. The molecule has 2 N–H and O–H groups in total. The van der Waals surface area contributed by atoms with Crippen molar-refractivity contribution in [3.05, 3.63) is 79.9 Å². The van der Waals surface area contributed by atoms with Gasteiger partial charge in [0, 0.05) is 16.0 Å². The Morgan fingerprint density at radius 1 is 1.14 bits per heavy atom. The lowest BCUT2D eigenvalue weighted by molar-refractivity contribution is 0.294. The van der Waals surface area contributed by atoms with Gasteiger partial charge in [-0.25, -0.2) is 0 Å². The second-order valence-electron chi connectivity index (χ2n) is 8.54. The first-order valence-corrected chi connectivity index (χ1v) is 12.2. The molecule has 2 atom stereocenters. The Balaban J connectivity index is 1.81. The van der Waals surface area contributed by atoms with Crippen molar-refractivity contribution in [3.8, 4) is 29.7 Å². The van der Waals surface area contributed by atoms with Gasteiger partial charge in [-0.3, -0.25) is 0 Å². The topological polar surface area (TPSA) is 116 Å². The maximum Gasteiger partial charge on any atom is 0.191 e. The second kappa shape index (κ2) is 10.0. The van der Waals surface area contributed by atoms with Gasteiger partial charge in [0.2, 0.25) is 0 Å². The summed E-state index contributed by atoms with van der Waals surface area (Å²) in [5, 5.41) is 30.8. The molecule has 0 fully saturated rings. The minimum atomic E-state index is -1.66. The van der Waals surface area contributed by atoms with E-state index in [1.54, 1.807) is 19.2 Å². The molecule has 0 aromatic heterocycles. The van der Waals surface area contributed by atoms with Crippen molar-refractivity contribution in [3.63, 3.8) is 0 Å². The highest BCUT2D eigenvalue weighted by Crippen LogP contribution is 2.56. The molecular weight excluding hydrogens is 528 g/mol. The fourth-order valence-corrected chi connectivity index (χ4v) is 5.83. The number of nitrogens with zero attached hydrogens (tertiary/aromatic N) is 3. The number of ether oxygens (including phenoxy) is 2. The number of benzene rings is 2. The summed E-state index contributed by atoms with van der Waals surface area (Å²) in [7, 11) is 1.57. The van der Waals surface area contributed by atoms with Gasteiger partial charge in [0.25, 0.3) is 0 Å². The van der Waals surface area contributed by atoms with Gasteiger partial charge in [0.1, 0.15) is 24.2 Å². The molecule has 8 heteroatoms. The summed E-state index contributed by atoms with van der Waals surface area (Å²) in [6, 6.07) is 17.4. The molecule has 176 valence electrons. The number of halogens is 2. The summed E-state index contributed by atoms with van der Waals surface area (Å²) in [5.74, 6) is 0.417. The standard InChI is InChI=1S/C27H22BrClN4O2/c1-34-23-8-6-16(10-17(23)13-35-24-9-7-18(28)11-22(24)29)25-20-5-3-2-4-19(20)21(12-30)26(33)27(25,14-31)15-32/h4,6-11,20,25H,2-3,5,13,33H2,1H3/t20-,25-/m1/s1. The minimum absolute atomic E-state index is 0.0228. The third-order valence-corrected chi connectivity index (χ3v) is 7.53. The van der Waals surface area contributed by atoms with Crippen molar-refractivity contribution in [2.24, 2.45) is 17.1 Å². The number of nitriles is 3. The van der Waals surface area contributed by atoms with Crippen LogP contribution < -0.4 is 15.2 Å². The monoisotopic (exact) mass is 548 g/mol. The normalized spacial score (nSPS) is 20.5. The zero-order chi connectivity index (χ0) is 25.2. The highest BCUT2D eigenvalue weighted by molar-refractivity contribution is 9.10. The van der Waals surface area contributed by atoms with Crippen LogP contribution in [0.4, 0.5) is 0 Å². The van der Waals surface area contributed by atoms with Crippen LogP contribution in [-0.2, 0) is 6.61 Å². The van der Waals surface area contributed by atoms with Crippen molar-refractivity contribution in [1.29, 1.82) is 15.8 Å². The molecule has 0 aliphatic heterocycles. The molecule has 0 radical (unpaired) electrons. The number of allylic oxidation sites excluding steroid dienone is 4. The molecule has 2 aromatic carbocycles. The zero-order valence-corrected chi connectivity index (χ0v) is 21.4. The smallest absolute Gasteiger partial charge is 0.191 e. The zero-order valence-electron chi connectivity index (χ0n) is 19.0. The molecule has 0 saturated carbocycles. The van der Waals surface area contributed by atoms with Gasteiger partial charge in [-0.05, 0) is 66.6 Å². The quantitative estimate of drug-likeness (QED) is 0.469. The van der Waals surface area contributed by atoms with Crippen LogP contribution in [0.25, 0.3) is 0 Å². The number of fused-ring (bicyclic) bond motifs is 1. The Hall–Kier alpha value is -3.44. The molecule has 6 nitrogen and oxygen atoms in total. The Bertz CT molecular complexity index is 1350. The summed E-state index contributed by atoms with van der Waals surface area (Å²) < 4.78 is 12.4. The van der Waals surface area contributed by atoms with E-state index in [1.165, 1.54) is 0 Å². The van der Waals surface area contributed by atoms with E-state index in [1.807, 2.05) is 30.3 Å². The number of hydrogen-bond donors (Lipinski definition) is 1. The first kappa shape index (κ1) is 24.7. The number of methoxy groups -OCH3 is 1. The first-order chi connectivity index (χ1) is 16.9. The van der Waals surface area contributed by atoms with Gasteiger partial charge in [0.15, 0.2) is 5.41 Å². The highest BCUT2D eigenvalue weighted by atomic mass is 79.9. The van der Waals surface area contributed by atoms with Crippen molar-refractivity contribution in [1.82, 2.24) is 0 Å². The lowest BCUT2D eigenvalue weighted by Crippen LogP contribution is -2.42. The maximum atomic E-state index is 10.2. The summed E-state index contributed by atoms with van der Waals surface area (Å²) in [6.07, 6.45) is 4.52. The largest absolute Gasteiger partial charge is 0.496 e. The fourth-order valence-electron chi connectivity index (χ4n) is 5.10. The van der Waals surface area contributed by atoms with E-state index < -0.39 is 11.3 Å². The number of nitrogens with two attached hydrogens (primary N) is 1. The van der Waals surface area contributed by atoms with Crippen molar-refractivity contribution in [2.75, 3.05) is 7.11 Å². The average molecular weight is 550 g/mol. The van der Waals surface area contributed by atoms with Crippen LogP contribution in [0.1, 0.15) is 36.3 Å². The van der Waals surface area contributed by atoms with Gasteiger partial charge in [-0.15, -0.1) is 0 Å². The molecule has 2 aliphatic carbocycles. The van der Waals surface area contributed by atoms with Gasteiger partial charge < -0.3 is 15.2 Å². The Morgan fingerprint density at radius 3 is 2.54 bits per heavy atom. The van der Waals surface area contributed by atoms with Crippen molar-refractivity contribution in [2.45, 2.75) is 31.8 Å². The molecule has 0 heterocycles. The Kier molecular flexibility index (Phi) is 7.08. The van der Waals surface area contributed by atoms with E-state index in [4.69, 9.17) is 26.8 Å². The summed E-state index contributed by atoms with van der Waals surface area (Å²) in [6.45, 7) is 0.166. The third kappa shape index (κ3) is 4.25. The molecule has 0 amide bonds. The number of rotatable bonds is 5. The lowest BCUT2D eigenvalue weighted by Gasteiger charge is -2.43. The van der Waals surface area contributed by atoms with E-state index in [0.717, 1.165) is 40.4 Å². The third-order valence-electron chi connectivity index (χ3n) is 6.74. The van der Waals surface area contributed by atoms with Crippen LogP contribution in [0.2, 0.25) is 5.02 Å². The van der Waals surface area contributed by atoms with E-state index in [2.05, 4.69) is 34.1 Å². The van der Waals surface area contributed by atoms with Crippen LogP contribution in [-0.4, -0.2) is 7.11 Å². The summed E-state index contributed by atoms with van der Waals surface area (Å²) in [5.41, 5.74) is 7.35. The molecule has 0 spiro atoms. The van der Waals surface area contributed by atoms with Crippen LogP contribution in [0, 0.1) is 45.3 Å². The molecule has 0 saturated heterocycles. The molecule has 2 aliphatic rings. The molecule has 35 heavy (non-hydrogen) atoms. The van der Waals surface area contributed by atoms with Crippen LogP contribution in [0.5, 0.6) is 11.5 Å². The Morgan fingerprint density at radius 2 is 1.89 bits per heavy atom. The van der Waals surface area contributed by atoms with E-state index in [-0.39, 0.29) is 23.8 Å². The molecular formula is C27H22BrClN4O2. The first-order valence-electron chi connectivity index (χ1n) is 11.1. The second-order valence-corrected chi connectivity index (χ2v) is 9.86. The van der Waals surface area contributed by atoms with Gasteiger partial charge in [0.05, 0.1) is 35.5 Å². The average Bonchev–Trinajstić information content (AvgIpc) is 2.87. The molecule has 0 bridgehead atoms. The SMILES string of the molecule is COc1ccc([C@@H]2[C@@H]3CCCC=C3C(C#N)=C(N)C2(C#N)C#N)cc1COc1ccc(Br)cc1Cl. The van der Waals surface area contributed by atoms with Crippen molar-refractivity contribution >= 4 is 27.5 Å². The van der Waals surface area contributed by atoms with Crippen LogP contribution in [0.15, 0.2) is 63.8 Å². The van der Waals surface area contributed by atoms with Gasteiger partial charge in [-0.1, -0.05) is 39.7 Å². The van der Waals surface area contributed by atoms with E-state index in [0.29, 0.717) is 16.5 Å². The van der Waals surface area contributed by atoms with Crippen molar-refractivity contribution < 1.29 is 9.47 Å². The van der Waals surface area contributed by atoms with E-state index in [9.17, 15) is 15.8 Å². The summed E-state index contributed by atoms with van der Waals surface area (Å²) >= 11 is 9.69. The Labute approximate surface area is 217 Å². The molecule has 0 unspecified atom stereocenters. The summed E-state index contributed by atoms with van der Waals surface area (Å²) in [4.78, 5) is 0. The maximum absolute atomic E-state index is 10.2.